The number of fused-ring (bicyclic) bond motifs is 1. The fourth-order valence-corrected chi connectivity index (χ4v) is 1.92. The summed E-state index contributed by atoms with van der Waals surface area (Å²) in [6.07, 6.45) is 1.75. The second kappa shape index (κ2) is 2.90. The minimum atomic E-state index is 0.767. The number of anilines is 1. The number of aldehydes is 1. The number of carbonyl (C=O) groups excluding carboxylic acids is 1. The molecule has 0 aliphatic carbocycles. The number of halogens is 1. The van der Waals surface area contributed by atoms with E-state index in [1.165, 1.54) is 5.56 Å². The average Bonchev–Trinajstić information content (AvgIpc) is 2.04. The van der Waals surface area contributed by atoms with Gasteiger partial charge in [0.2, 0.25) is 0 Å². The maximum Gasteiger partial charge on any atom is 0.389 e. The van der Waals surface area contributed by atoms with Gasteiger partial charge in [-0.3, -0.25) is 0 Å². The molecule has 1 aromatic rings. The molecule has 0 fully saturated rings. The fourth-order valence-electron chi connectivity index (χ4n) is 1.26. The largest absolute Gasteiger partial charge is 0.389 e. The highest BCUT2D eigenvalue weighted by Gasteiger charge is 2.20. The molecule has 1 aliphatic heterocycles. The van der Waals surface area contributed by atoms with Crippen molar-refractivity contribution in [2.45, 2.75) is 6.92 Å². The van der Waals surface area contributed by atoms with E-state index in [0.717, 1.165) is 22.5 Å². The third kappa shape index (κ3) is 1.25. The first-order chi connectivity index (χ1) is 5.77. The van der Waals surface area contributed by atoms with Gasteiger partial charge in [0.05, 0.1) is 0 Å². The summed E-state index contributed by atoms with van der Waals surface area (Å²) >= 11 is 3.45. The Hall–Kier alpha value is -0.830. The number of nitrogens with one attached hydrogen (secondary N) is 1. The molecule has 1 N–H and O–H groups in total. The Labute approximate surface area is 79.4 Å². The molecular formula is C9H9BrNO+. The molecule has 0 radical (unpaired) electrons. The summed E-state index contributed by atoms with van der Waals surface area (Å²) in [6, 6.07) is 4.12. The summed E-state index contributed by atoms with van der Waals surface area (Å²) in [5.74, 6) is 0.881. The highest BCUT2D eigenvalue weighted by molar-refractivity contribution is 9.10. The molecule has 3 heteroatoms. The Balaban J connectivity index is 2.62. The van der Waals surface area contributed by atoms with E-state index in [4.69, 9.17) is 4.42 Å². The predicted molar refractivity (Wildman–Crippen MR) is 52.9 cm³/mol. The van der Waals surface area contributed by atoms with Crippen LogP contribution in [0.2, 0.25) is 0 Å². The molecule has 62 valence electrons. The molecule has 0 bridgehead atoms. The molecule has 1 aromatic carbocycles. The van der Waals surface area contributed by atoms with Gasteiger partial charge in [0.15, 0.2) is 0 Å². The van der Waals surface area contributed by atoms with Gasteiger partial charge < -0.3 is 5.32 Å². The average molecular weight is 227 g/mol. The van der Waals surface area contributed by atoms with E-state index in [0.29, 0.717) is 0 Å². The van der Waals surface area contributed by atoms with E-state index < -0.39 is 0 Å². The van der Waals surface area contributed by atoms with Gasteiger partial charge in [-0.25, -0.2) is 4.42 Å². The SMILES string of the molecule is Cc1cc(Br)c2c(c1)NCC=[O+]2. The second-order valence-corrected chi connectivity index (χ2v) is 3.64. The Kier molecular flexibility index (Phi) is 1.89. The van der Waals surface area contributed by atoms with Crippen molar-refractivity contribution in [1.29, 1.82) is 0 Å². The fraction of sp³-hybridized carbons (Fsp3) is 0.222. The summed E-state index contributed by atoms with van der Waals surface area (Å²) in [5, 5.41) is 3.23. The first-order valence-electron chi connectivity index (χ1n) is 3.80. The van der Waals surface area contributed by atoms with Crippen LogP contribution in [-0.4, -0.2) is 12.8 Å². The lowest BCUT2D eigenvalue weighted by Gasteiger charge is -2.05. The van der Waals surface area contributed by atoms with E-state index >= 15 is 0 Å². The van der Waals surface area contributed by atoms with Crippen LogP contribution >= 0.6 is 15.9 Å². The van der Waals surface area contributed by atoms with E-state index in [-0.39, 0.29) is 0 Å². The van der Waals surface area contributed by atoms with E-state index in [9.17, 15) is 0 Å². The van der Waals surface area contributed by atoms with Crippen LogP contribution in [0, 0.1) is 6.92 Å². The summed E-state index contributed by atoms with van der Waals surface area (Å²) < 4.78 is 6.38. The van der Waals surface area contributed by atoms with Crippen LogP contribution in [0.1, 0.15) is 5.56 Å². The van der Waals surface area contributed by atoms with Crippen molar-refractivity contribution < 1.29 is 4.42 Å². The van der Waals surface area contributed by atoms with Crippen LogP contribution in [0.15, 0.2) is 16.6 Å². The van der Waals surface area contributed by atoms with Gasteiger partial charge in [0, 0.05) is 0 Å². The van der Waals surface area contributed by atoms with Gasteiger partial charge in [-0.2, -0.15) is 0 Å². The van der Waals surface area contributed by atoms with Crippen LogP contribution in [-0.2, 0) is 4.42 Å². The van der Waals surface area contributed by atoms with E-state index in [1.807, 2.05) is 6.07 Å². The van der Waals surface area contributed by atoms with Crippen molar-refractivity contribution in [2.24, 2.45) is 0 Å². The Morgan fingerprint density at radius 2 is 2.33 bits per heavy atom. The van der Waals surface area contributed by atoms with Crippen molar-refractivity contribution in [2.75, 3.05) is 11.9 Å². The van der Waals surface area contributed by atoms with Crippen molar-refractivity contribution in [3.05, 3.63) is 22.2 Å². The summed E-state index contributed by atoms with van der Waals surface area (Å²) in [5.41, 5.74) is 2.28. The van der Waals surface area contributed by atoms with Gasteiger partial charge in [-0.1, -0.05) is 0 Å². The predicted octanol–water partition coefficient (Wildman–Crippen LogP) is 2.63. The molecule has 1 aliphatic rings. The van der Waals surface area contributed by atoms with Crippen LogP contribution in [0.5, 0.6) is 5.75 Å². The second-order valence-electron chi connectivity index (χ2n) is 2.79. The van der Waals surface area contributed by atoms with Crippen LogP contribution in [0.3, 0.4) is 0 Å². The molecule has 0 atom stereocenters. The topological polar surface area (TPSA) is 23.3 Å². The number of hydrogen-bond donors (Lipinski definition) is 1. The third-order valence-electron chi connectivity index (χ3n) is 1.76. The highest BCUT2D eigenvalue weighted by Crippen LogP contribution is 2.35. The zero-order valence-electron chi connectivity index (χ0n) is 6.73. The van der Waals surface area contributed by atoms with Gasteiger partial charge in [-0.05, 0) is 40.5 Å². The molecule has 12 heavy (non-hydrogen) atoms. The molecule has 1 heterocycles. The Morgan fingerprint density at radius 1 is 1.50 bits per heavy atom. The normalized spacial score (nSPS) is 13.8. The maximum absolute atomic E-state index is 5.37. The lowest BCUT2D eigenvalue weighted by molar-refractivity contribution is -0.362. The monoisotopic (exact) mass is 226 g/mol. The van der Waals surface area contributed by atoms with Crippen molar-refractivity contribution >= 4 is 27.9 Å². The lowest BCUT2D eigenvalue weighted by Crippen LogP contribution is -2.08. The minimum Gasteiger partial charge on any atom is -0.366 e. The van der Waals surface area contributed by atoms with Crippen molar-refractivity contribution in [3.63, 3.8) is 0 Å². The molecule has 0 amide bonds. The number of aryl methyl sites for hydroxylation is 1. The first-order valence-corrected chi connectivity index (χ1v) is 4.59. The quantitative estimate of drug-likeness (QED) is 0.534. The zero-order valence-corrected chi connectivity index (χ0v) is 8.31. The first kappa shape index (κ1) is 7.80. The lowest BCUT2D eigenvalue weighted by atomic mass is 10.2. The van der Waals surface area contributed by atoms with Crippen LogP contribution in [0.4, 0.5) is 5.69 Å². The van der Waals surface area contributed by atoms with E-state index in [1.54, 1.807) is 6.29 Å². The van der Waals surface area contributed by atoms with Crippen molar-refractivity contribution in [3.8, 4) is 5.75 Å². The molecular weight excluding hydrogens is 218 g/mol. The summed E-state index contributed by atoms with van der Waals surface area (Å²) in [6.45, 7) is 2.83. The summed E-state index contributed by atoms with van der Waals surface area (Å²) in [4.78, 5) is 0. The molecule has 2 nitrogen and oxygen atoms in total. The smallest absolute Gasteiger partial charge is 0.366 e. The van der Waals surface area contributed by atoms with Gasteiger partial charge in [0.25, 0.3) is 0 Å². The van der Waals surface area contributed by atoms with Gasteiger partial charge in [-0.15, -0.1) is 0 Å². The van der Waals surface area contributed by atoms with Crippen molar-refractivity contribution in [1.82, 2.24) is 0 Å². The molecule has 0 saturated carbocycles. The number of rotatable bonds is 0. The molecule has 2 rings (SSSR count). The number of benzene rings is 1. The van der Waals surface area contributed by atoms with Gasteiger partial charge in [0.1, 0.15) is 16.7 Å². The highest BCUT2D eigenvalue weighted by atomic mass is 79.9. The van der Waals surface area contributed by atoms with Crippen LogP contribution < -0.4 is 5.32 Å². The molecule has 0 aromatic heterocycles. The van der Waals surface area contributed by atoms with Gasteiger partial charge >= 0.3 is 12.0 Å². The van der Waals surface area contributed by atoms with Crippen LogP contribution in [0.25, 0.3) is 0 Å². The standard InChI is InChI=1S/C9H9BrNO/c1-6-4-7(10)9-8(5-6)11-2-3-12-9/h3-5,11H,2H2,1H3/q+1. The Morgan fingerprint density at radius 3 is 3.17 bits per heavy atom. The molecule has 0 spiro atoms. The molecule has 0 unspecified atom stereocenters. The molecule has 0 saturated heterocycles. The summed E-state index contributed by atoms with van der Waals surface area (Å²) in [7, 11) is 0. The minimum absolute atomic E-state index is 0.767. The Bertz CT molecular complexity index is 347. The number of hydrogen-bond acceptors (Lipinski definition) is 1. The maximum atomic E-state index is 5.37. The third-order valence-corrected chi connectivity index (χ3v) is 2.35. The zero-order chi connectivity index (χ0) is 8.55. The van der Waals surface area contributed by atoms with E-state index in [2.05, 4.69) is 34.2 Å².